The Bertz CT molecular complexity index is 477. The second-order valence-corrected chi connectivity index (χ2v) is 6.20. The van der Waals surface area contributed by atoms with Gasteiger partial charge in [-0.2, -0.15) is 0 Å². The Balaban J connectivity index is 2.29. The van der Waals surface area contributed by atoms with E-state index < -0.39 is 7.14 Å². The van der Waals surface area contributed by atoms with Gasteiger partial charge in [0.25, 0.3) is 0 Å². The average Bonchev–Trinajstić information content (AvgIpc) is 2.64. The second-order valence-electron chi connectivity index (χ2n) is 3.43. The molecular weight excluding hydrogens is 209 g/mol. The Labute approximate surface area is 87.6 Å². The molecule has 15 heavy (non-hydrogen) atoms. The van der Waals surface area contributed by atoms with Crippen LogP contribution in [-0.2, 0) is 4.57 Å². The summed E-state index contributed by atoms with van der Waals surface area (Å²) in [6.07, 6.45) is 2.15. The minimum atomic E-state index is -2.45. The van der Waals surface area contributed by atoms with Crippen LogP contribution in [0.15, 0.2) is 47.3 Å². The van der Waals surface area contributed by atoms with Gasteiger partial charge in [-0.1, -0.05) is 41.5 Å². The number of azide groups is 1. The molecule has 5 heteroatoms. The predicted molar refractivity (Wildman–Crippen MR) is 60.6 cm³/mol. The Morgan fingerprint density at radius 2 is 2.13 bits per heavy atom. The first-order chi connectivity index (χ1) is 7.24. The van der Waals surface area contributed by atoms with Crippen molar-refractivity contribution in [1.82, 2.24) is 0 Å². The molecule has 0 aliphatic carbocycles. The van der Waals surface area contributed by atoms with Crippen LogP contribution in [0.3, 0.4) is 0 Å². The van der Waals surface area contributed by atoms with Crippen molar-refractivity contribution >= 4 is 12.4 Å². The van der Waals surface area contributed by atoms with Crippen LogP contribution in [0.1, 0.15) is 0 Å². The molecule has 76 valence electrons. The van der Waals surface area contributed by atoms with Crippen molar-refractivity contribution in [2.45, 2.75) is 6.04 Å². The molecule has 0 amide bonds. The number of hydrogen-bond acceptors (Lipinski definition) is 2. The molecule has 0 saturated carbocycles. The van der Waals surface area contributed by atoms with E-state index in [-0.39, 0.29) is 6.04 Å². The molecule has 0 fully saturated rings. The van der Waals surface area contributed by atoms with E-state index in [1.54, 1.807) is 11.9 Å². The summed E-state index contributed by atoms with van der Waals surface area (Å²) >= 11 is 0. The minimum absolute atomic E-state index is 0.263. The summed E-state index contributed by atoms with van der Waals surface area (Å²) in [5.41, 5.74) is 8.30. The van der Waals surface area contributed by atoms with Crippen LogP contribution < -0.4 is 5.30 Å². The highest BCUT2D eigenvalue weighted by molar-refractivity contribution is 7.74. The minimum Gasteiger partial charge on any atom is -0.314 e. The molecule has 0 aromatic heterocycles. The van der Waals surface area contributed by atoms with Crippen molar-refractivity contribution in [2.24, 2.45) is 5.11 Å². The van der Waals surface area contributed by atoms with Crippen LogP contribution in [-0.4, -0.2) is 12.2 Å². The van der Waals surface area contributed by atoms with Crippen LogP contribution in [0.25, 0.3) is 10.4 Å². The maximum Gasteiger partial charge on any atom is 0.136 e. The van der Waals surface area contributed by atoms with E-state index >= 15 is 0 Å². The number of hydrogen-bond donors (Lipinski definition) is 0. The molecule has 1 aliphatic rings. The lowest BCUT2D eigenvalue weighted by molar-refractivity contribution is 0.586. The highest BCUT2D eigenvalue weighted by Gasteiger charge is 2.29. The molecular formula is C10H10N3OP. The van der Waals surface area contributed by atoms with E-state index in [0.29, 0.717) is 6.16 Å². The number of rotatable bonds is 2. The summed E-state index contributed by atoms with van der Waals surface area (Å²) in [5.74, 6) is 1.70. The zero-order valence-corrected chi connectivity index (χ0v) is 8.92. The van der Waals surface area contributed by atoms with Gasteiger partial charge in [-0.05, 0) is 11.3 Å². The van der Waals surface area contributed by atoms with Gasteiger partial charge in [0.05, 0.1) is 6.04 Å². The molecule has 2 rings (SSSR count). The van der Waals surface area contributed by atoms with E-state index in [9.17, 15) is 4.57 Å². The summed E-state index contributed by atoms with van der Waals surface area (Å²) in [4.78, 5) is 2.73. The van der Waals surface area contributed by atoms with Crippen molar-refractivity contribution in [3.8, 4) is 0 Å². The van der Waals surface area contributed by atoms with Gasteiger partial charge in [-0.25, -0.2) is 0 Å². The summed E-state index contributed by atoms with van der Waals surface area (Å²) in [6.45, 7) is 0. The molecule has 1 aromatic carbocycles. The topological polar surface area (TPSA) is 65.8 Å². The smallest absolute Gasteiger partial charge is 0.136 e. The van der Waals surface area contributed by atoms with Gasteiger partial charge in [-0.3, -0.25) is 0 Å². The fourth-order valence-corrected chi connectivity index (χ4v) is 4.06. The summed E-state index contributed by atoms with van der Waals surface area (Å²) in [5, 5.41) is 4.40. The molecule has 1 aliphatic heterocycles. The van der Waals surface area contributed by atoms with E-state index in [2.05, 4.69) is 10.0 Å². The van der Waals surface area contributed by atoms with Crippen molar-refractivity contribution in [3.63, 3.8) is 0 Å². The first-order valence-corrected chi connectivity index (χ1v) is 6.59. The maximum absolute atomic E-state index is 12.4. The summed E-state index contributed by atoms with van der Waals surface area (Å²) in [6, 6.07) is 9.06. The Kier molecular flexibility index (Phi) is 2.63. The van der Waals surface area contributed by atoms with Gasteiger partial charge in [0.2, 0.25) is 0 Å². The Hall–Kier alpha value is -1.50. The molecule has 0 N–H and O–H groups in total. The molecule has 0 bridgehead atoms. The third-order valence-electron chi connectivity index (χ3n) is 2.40. The van der Waals surface area contributed by atoms with Crippen molar-refractivity contribution in [2.75, 3.05) is 6.16 Å². The summed E-state index contributed by atoms with van der Waals surface area (Å²) in [7, 11) is -2.45. The molecule has 0 spiro atoms. The quantitative estimate of drug-likeness (QED) is 0.326. The molecule has 1 heterocycles. The molecule has 4 nitrogen and oxygen atoms in total. The molecule has 1 aromatic rings. The SMILES string of the molecule is [N-]=[N+]=NC1C=CP(=O)(c2ccccc2)C1. The Morgan fingerprint density at radius 1 is 1.40 bits per heavy atom. The monoisotopic (exact) mass is 219 g/mol. The third-order valence-corrected chi connectivity index (χ3v) is 5.14. The predicted octanol–water partition coefficient (Wildman–Crippen LogP) is 2.88. The summed E-state index contributed by atoms with van der Waals surface area (Å²) < 4.78 is 12.4. The number of nitrogens with zero attached hydrogens (tertiary/aromatic N) is 3. The lowest BCUT2D eigenvalue weighted by atomic mass is 10.4. The standard InChI is InChI=1S/C10H10N3OP/c11-13-12-9-6-7-15(14,8-9)10-4-2-1-3-5-10/h1-7,9H,8H2. The largest absolute Gasteiger partial charge is 0.314 e. The van der Waals surface area contributed by atoms with E-state index in [0.717, 1.165) is 5.30 Å². The molecule has 0 radical (unpaired) electrons. The third kappa shape index (κ3) is 1.96. The van der Waals surface area contributed by atoms with Gasteiger partial charge >= 0.3 is 0 Å². The van der Waals surface area contributed by atoms with Gasteiger partial charge in [0, 0.05) is 16.4 Å². The fourth-order valence-electron chi connectivity index (χ4n) is 1.65. The van der Waals surface area contributed by atoms with Crippen molar-refractivity contribution in [1.29, 1.82) is 0 Å². The lowest BCUT2D eigenvalue weighted by Gasteiger charge is -2.10. The van der Waals surface area contributed by atoms with Gasteiger partial charge in [0.15, 0.2) is 0 Å². The highest BCUT2D eigenvalue weighted by Crippen LogP contribution is 2.51. The Morgan fingerprint density at radius 3 is 2.80 bits per heavy atom. The van der Waals surface area contributed by atoms with Crippen LogP contribution in [0, 0.1) is 0 Å². The first kappa shape index (κ1) is 10.0. The van der Waals surface area contributed by atoms with E-state index in [1.165, 1.54) is 0 Å². The van der Waals surface area contributed by atoms with Gasteiger partial charge in [0.1, 0.15) is 7.14 Å². The average molecular weight is 219 g/mol. The van der Waals surface area contributed by atoms with Crippen LogP contribution >= 0.6 is 7.14 Å². The van der Waals surface area contributed by atoms with E-state index in [4.69, 9.17) is 5.53 Å². The van der Waals surface area contributed by atoms with Gasteiger partial charge in [-0.15, -0.1) is 0 Å². The molecule has 2 unspecified atom stereocenters. The molecule has 0 saturated heterocycles. The van der Waals surface area contributed by atoms with Crippen LogP contribution in [0.4, 0.5) is 0 Å². The fraction of sp³-hybridized carbons (Fsp3) is 0.200. The number of benzene rings is 1. The second kappa shape index (κ2) is 3.93. The normalized spacial score (nSPS) is 28.7. The maximum atomic E-state index is 12.4. The first-order valence-electron chi connectivity index (χ1n) is 4.62. The lowest BCUT2D eigenvalue weighted by Crippen LogP contribution is -2.08. The van der Waals surface area contributed by atoms with Gasteiger partial charge < -0.3 is 4.57 Å². The van der Waals surface area contributed by atoms with E-state index in [1.807, 2.05) is 30.3 Å². The molecule has 2 atom stereocenters. The zero-order chi connectivity index (χ0) is 10.7. The highest BCUT2D eigenvalue weighted by atomic mass is 31.2. The van der Waals surface area contributed by atoms with Crippen LogP contribution in [0.2, 0.25) is 0 Å². The van der Waals surface area contributed by atoms with Crippen molar-refractivity contribution < 1.29 is 4.57 Å². The zero-order valence-electron chi connectivity index (χ0n) is 8.02. The van der Waals surface area contributed by atoms with Crippen LogP contribution in [0.5, 0.6) is 0 Å². The van der Waals surface area contributed by atoms with Crippen molar-refractivity contribution in [3.05, 3.63) is 52.7 Å².